The highest BCUT2D eigenvalue weighted by Gasteiger charge is 2.27. The molecule has 144 valence electrons. The number of hydrogen-bond acceptors (Lipinski definition) is 4. The summed E-state index contributed by atoms with van der Waals surface area (Å²) in [6.07, 6.45) is 3.36. The summed E-state index contributed by atoms with van der Waals surface area (Å²) in [6.45, 7) is 6.65. The van der Waals surface area contributed by atoms with E-state index in [2.05, 4.69) is 18.9 Å². The normalized spacial score (nSPS) is 14.7. The average Bonchev–Trinajstić information content (AvgIpc) is 2.71. The first-order valence-electron chi connectivity index (χ1n) is 9.43. The van der Waals surface area contributed by atoms with Gasteiger partial charge in [-0.25, -0.2) is 0 Å². The van der Waals surface area contributed by atoms with E-state index in [1.807, 2.05) is 40.1 Å². The van der Waals surface area contributed by atoms with Crippen LogP contribution in [0.15, 0.2) is 41.3 Å². The van der Waals surface area contributed by atoms with Gasteiger partial charge in [0, 0.05) is 32.1 Å². The van der Waals surface area contributed by atoms with Crippen LogP contribution in [0.2, 0.25) is 5.02 Å². The Morgan fingerprint density at radius 3 is 2.33 bits per heavy atom. The van der Waals surface area contributed by atoms with Gasteiger partial charge in [0.1, 0.15) is 5.02 Å². The van der Waals surface area contributed by atoms with Gasteiger partial charge >= 0.3 is 0 Å². The number of piperazine rings is 1. The first kappa shape index (κ1) is 19.4. The van der Waals surface area contributed by atoms with Crippen molar-refractivity contribution in [3.63, 3.8) is 0 Å². The molecule has 0 radical (unpaired) electrons. The van der Waals surface area contributed by atoms with Gasteiger partial charge in [-0.2, -0.15) is 9.78 Å². The van der Waals surface area contributed by atoms with Gasteiger partial charge in [0.15, 0.2) is 0 Å². The summed E-state index contributed by atoms with van der Waals surface area (Å²) in [5.74, 6) is 0.319. The Labute approximate surface area is 164 Å². The molecule has 6 nitrogen and oxygen atoms in total. The summed E-state index contributed by atoms with van der Waals surface area (Å²) >= 11 is 6.38. The van der Waals surface area contributed by atoms with Gasteiger partial charge in [-0.15, -0.1) is 0 Å². The van der Waals surface area contributed by atoms with Crippen LogP contribution in [0, 0.1) is 5.92 Å². The summed E-state index contributed by atoms with van der Waals surface area (Å²) in [5.41, 5.74) is 0.968. The predicted molar refractivity (Wildman–Crippen MR) is 108 cm³/mol. The van der Waals surface area contributed by atoms with Gasteiger partial charge in [-0.05, 0) is 25.0 Å². The van der Waals surface area contributed by atoms with Crippen molar-refractivity contribution in [2.75, 3.05) is 31.1 Å². The second kappa shape index (κ2) is 8.57. The molecule has 0 aliphatic carbocycles. The van der Waals surface area contributed by atoms with E-state index in [0.29, 0.717) is 37.6 Å². The fraction of sp³-hybridized carbons (Fsp3) is 0.450. The summed E-state index contributed by atoms with van der Waals surface area (Å²) in [6, 6.07) is 9.20. The molecule has 3 rings (SSSR count). The lowest BCUT2D eigenvalue weighted by atomic mass is 10.0. The van der Waals surface area contributed by atoms with Crippen molar-refractivity contribution < 1.29 is 4.79 Å². The van der Waals surface area contributed by atoms with Crippen LogP contribution >= 0.6 is 11.6 Å². The van der Waals surface area contributed by atoms with E-state index in [0.717, 1.165) is 12.8 Å². The van der Waals surface area contributed by atoms with Gasteiger partial charge in [0.2, 0.25) is 5.91 Å². The lowest BCUT2D eigenvalue weighted by Crippen LogP contribution is -2.50. The number of benzene rings is 1. The maximum absolute atomic E-state index is 12.6. The number of hydrogen-bond donors (Lipinski definition) is 0. The van der Waals surface area contributed by atoms with E-state index < -0.39 is 0 Å². The zero-order chi connectivity index (χ0) is 19.4. The van der Waals surface area contributed by atoms with Gasteiger partial charge in [-0.3, -0.25) is 9.59 Å². The molecule has 1 aromatic carbocycles. The van der Waals surface area contributed by atoms with Crippen LogP contribution in [0.25, 0.3) is 5.69 Å². The molecule has 0 unspecified atom stereocenters. The average molecular weight is 389 g/mol. The number of halogens is 1. The highest BCUT2D eigenvalue weighted by molar-refractivity contribution is 6.33. The Hall–Kier alpha value is -2.34. The van der Waals surface area contributed by atoms with Crippen LogP contribution in [0.3, 0.4) is 0 Å². The first-order valence-corrected chi connectivity index (χ1v) is 9.81. The molecule has 0 bridgehead atoms. The van der Waals surface area contributed by atoms with Crippen LogP contribution < -0.4 is 10.5 Å². The van der Waals surface area contributed by atoms with Crippen LogP contribution in [-0.4, -0.2) is 46.8 Å². The number of anilines is 1. The highest BCUT2D eigenvalue weighted by atomic mass is 35.5. The minimum absolute atomic E-state index is 0.0941. The molecule has 7 heteroatoms. The summed E-state index contributed by atoms with van der Waals surface area (Å²) < 4.78 is 1.30. The highest BCUT2D eigenvalue weighted by Crippen LogP contribution is 2.24. The summed E-state index contributed by atoms with van der Waals surface area (Å²) in [7, 11) is 0. The molecule has 0 saturated carbocycles. The van der Waals surface area contributed by atoms with Crippen molar-refractivity contribution >= 4 is 23.2 Å². The number of amides is 1. The Bertz CT molecular complexity index is 841. The molecule has 1 aliphatic rings. The van der Waals surface area contributed by atoms with Crippen molar-refractivity contribution in [3.8, 4) is 5.69 Å². The first-order chi connectivity index (χ1) is 13.1. The van der Waals surface area contributed by atoms with E-state index in [4.69, 9.17) is 11.6 Å². The van der Waals surface area contributed by atoms with Crippen molar-refractivity contribution in [1.29, 1.82) is 0 Å². The molecule has 27 heavy (non-hydrogen) atoms. The van der Waals surface area contributed by atoms with Gasteiger partial charge in [0.05, 0.1) is 17.6 Å². The molecule has 1 aromatic heterocycles. The quantitative estimate of drug-likeness (QED) is 0.790. The van der Waals surface area contributed by atoms with Crippen LogP contribution in [0.1, 0.15) is 26.7 Å². The monoisotopic (exact) mass is 388 g/mol. The van der Waals surface area contributed by atoms with E-state index in [1.165, 1.54) is 4.68 Å². The Kier molecular flexibility index (Phi) is 6.16. The maximum atomic E-state index is 12.6. The number of carbonyl (C=O) groups is 1. The molecule has 1 aliphatic heterocycles. The van der Waals surface area contributed by atoms with Gasteiger partial charge in [0.25, 0.3) is 5.56 Å². The Morgan fingerprint density at radius 1 is 1.11 bits per heavy atom. The zero-order valence-corrected chi connectivity index (χ0v) is 16.5. The largest absolute Gasteiger partial charge is 0.365 e. The molecule has 0 N–H and O–H groups in total. The summed E-state index contributed by atoms with van der Waals surface area (Å²) in [4.78, 5) is 29.1. The summed E-state index contributed by atoms with van der Waals surface area (Å²) in [5, 5.41) is 4.45. The van der Waals surface area contributed by atoms with Gasteiger partial charge in [-0.1, -0.05) is 43.6 Å². The van der Waals surface area contributed by atoms with Crippen LogP contribution in [0.4, 0.5) is 5.69 Å². The van der Waals surface area contributed by atoms with Crippen molar-refractivity contribution in [2.24, 2.45) is 5.92 Å². The number of carbonyl (C=O) groups excluding carboxylic acids is 1. The molecule has 2 aromatic rings. The van der Waals surface area contributed by atoms with Gasteiger partial charge < -0.3 is 9.80 Å². The minimum Gasteiger partial charge on any atom is -0.365 e. The third-order valence-electron chi connectivity index (χ3n) is 5.17. The van der Waals surface area contributed by atoms with Crippen molar-refractivity contribution in [2.45, 2.75) is 26.7 Å². The van der Waals surface area contributed by atoms with E-state index in [9.17, 15) is 9.59 Å². The molecule has 0 atom stereocenters. The second-order valence-electron chi connectivity index (χ2n) is 6.72. The van der Waals surface area contributed by atoms with E-state index in [1.54, 1.807) is 6.20 Å². The number of para-hydroxylation sites is 1. The fourth-order valence-electron chi connectivity index (χ4n) is 3.46. The third kappa shape index (κ3) is 4.00. The van der Waals surface area contributed by atoms with E-state index in [-0.39, 0.29) is 22.4 Å². The van der Waals surface area contributed by atoms with E-state index >= 15 is 0 Å². The molecule has 2 heterocycles. The van der Waals surface area contributed by atoms with Crippen LogP contribution in [-0.2, 0) is 4.79 Å². The number of nitrogens with zero attached hydrogens (tertiary/aromatic N) is 4. The molecular weight excluding hydrogens is 364 g/mol. The smallest absolute Gasteiger partial charge is 0.292 e. The molecule has 1 saturated heterocycles. The standard InChI is InChI=1S/C20H25ClN4O2/c1-3-15(4-2)19(26)24-12-10-23(11-13-24)17-14-22-25(20(27)18(17)21)16-8-6-5-7-9-16/h5-9,14-15H,3-4,10-13H2,1-2H3. The molecular formula is C20H25ClN4O2. The SMILES string of the molecule is CCC(CC)C(=O)N1CCN(c2cnn(-c3ccccc3)c(=O)c2Cl)CC1. The number of rotatable bonds is 5. The third-order valence-corrected chi connectivity index (χ3v) is 5.52. The lowest BCUT2D eigenvalue weighted by molar-refractivity contribution is -0.136. The maximum Gasteiger partial charge on any atom is 0.292 e. The zero-order valence-electron chi connectivity index (χ0n) is 15.8. The Morgan fingerprint density at radius 2 is 1.74 bits per heavy atom. The van der Waals surface area contributed by atoms with Crippen molar-refractivity contribution in [3.05, 3.63) is 51.9 Å². The van der Waals surface area contributed by atoms with Crippen LogP contribution in [0.5, 0.6) is 0 Å². The number of aromatic nitrogens is 2. The Balaban J connectivity index is 1.75. The lowest BCUT2D eigenvalue weighted by Gasteiger charge is -2.37. The molecule has 0 spiro atoms. The molecule has 1 amide bonds. The second-order valence-corrected chi connectivity index (χ2v) is 7.10. The minimum atomic E-state index is -0.337. The van der Waals surface area contributed by atoms with Crippen molar-refractivity contribution in [1.82, 2.24) is 14.7 Å². The fourth-order valence-corrected chi connectivity index (χ4v) is 3.71. The molecule has 1 fully saturated rings. The topological polar surface area (TPSA) is 58.4 Å². The predicted octanol–water partition coefficient (Wildman–Crippen LogP) is 2.97.